The molecule has 2 unspecified atom stereocenters. The van der Waals surface area contributed by atoms with Crippen molar-refractivity contribution in [1.29, 1.82) is 0 Å². The summed E-state index contributed by atoms with van der Waals surface area (Å²) in [5, 5.41) is 7.08. The molecule has 0 bridgehead atoms. The summed E-state index contributed by atoms with van der Waals surface area (Å²) in [5.41, 5.74) is 3.21. The van der Waals surface area contributed by atoms with Crippen molar-refractivity contribution in [3.63, 3.8) is 0 Å². The van der Waals surface area contributed by atoms with Gasteiger partial charge in [-0.3, -0.25) is 18.7 Å². The van der Waals surface area contributed by atoms with E-state index in [1.807, 2.05) is 0 Å². The fraction of sp³-hybridized carbons (Fsp3) is 0.606. The van der Waals surface area contributed by atoms with E-state index in [4.69, 9.17) is 9.97 Å². The van der Waals surface area contributed by atoms with Gasteiger partial charge in [0, 0.05) is 45.4 Å². The molecule has 8 aromatic rings. The molecule has 6 heterocycles. The number of nitrogens with zero attached hydrogens (tertiary/aromatic N) is 4. The maximum Gasteiger partial charge on any atom is 0.260 e. The highest BCUT2D eigenvalue weighted by atomic mass is 79.9. The highest BCUT2D eigenvalue weighted by Gasteiger charge is 2.28. The fourth-order valence-electron chi connectivity index (χ4n) is 12.5. The zero-order valence-electron chi connectivity index (χ0n) is 47.0. The summed E-state index contributed by atoms with van der Waals surface area (Å²) in [5.74, 6) is 0.735. The lowest BCUT2D eigenvalue weighted by Gasteiger charge is -2.25. The van der Waals surface area contributed by atoms with Crippen molar-refractivity contribution in [1.82, 2.24) is 19.1 Å². The van der Waals surface area contributed by atoms with Crippen LogP contribution >= 0.6 is 54.5 Å². The van der Waals surface area contributed by atoms with Gasteiger partial charge in [-0.2, -0.15) is 0 Å². The molecule has 0 radical (unpaired) electrons. The predicted octanol–water partition coefficient (Wildman–Crippen LogP) is 22.2. The van der Waals surface area contributed by atoms with Crippen molar-refractivity contribution in [2.75, 3.05) is 0 Å². The van der Waals surface area contributed by atoms with Gasteiger partial charge in [-0.25, -0.2) is 9.97 Å². The molecule has 0 aliphatic heterocycles. The molecular formula is C66H90Br2N4O2S2. The molecule has 0 aliphatic carbocycles. The lowest BCUT2D eigenvalue weighted by atomic mass is 9.89. The van der Waals surface area contributed by atoms with E-state index < -0.39 is 0 Å². The van der Waals surface area contributed by atoms with Crippen LogP contribution in [0, 0.1) is 11.8 Å². The SMILES string of the molecule is CCCCCCCCCCC(CCCCCCCC)Cn1c(=O)c2cc3cc(-c4ccc(Br)s4)nc4c3c3c(cc5cc(-c6ccc(Br)s6)nc1c5c23)c(=O)n4CC(CCCCCCCC)CCCCCCCCCC. The molecule has 0 spiro atoms. The van der Waals surface area contributed by atoms with Gasteiger partial charge in [0.2, 0.25) is 0 Å². The van der Waals surface area contributed by atoms with Crippen LogP contribution in [0.4, 0.5) is 0 Å². The lowest BCUT2D eigenvalue weighted by molar-refractivity contribution is 0.357. The highest BCUT2D eigenvalue weighted by Crippen LogP contribution is 2.44. The van der Waals surface area contributed by atoms with Gasteiger partial charge in [-0.15, -0.1) is 22.7 Å². The largest absolute Gasteiger partial charge is 0.292 e. The van der Waals surface area contributed by atoms with Crippen LogP contribution in [0.5, 0.6) is 0 Å². The van der Waals surface area contributed by atoms with E-state index in [1.54, 1.807) is 22.7 Å². The normalized spacial score (nSPS) is 13.1. The zero-order chi connectivity index (χ0) is 53.2. The number of pyridine rings is 4. The summed E-state index contributed by atoms with van der Waals surface area (Å²) in [6, 6.07) is 17.2. The minimum absolute atomic E-state index is 0.00625. The smallest absolute Gasteiger partial charge is 0.260 e. The predicted molar refractivity (Wildman–Crippen MR) is 340 cm³/mol. The Kier molecular flexibility index (Phi) is 23.6. The van der Waals surface area contributed by atoms with E-state index in [0.29, 0.717) is 35.7 Å². The van der Waals surface area contributed by atoms with E-state index >= 15 is 9.59 Å². The Morgan fingerprint density at radius 3 is 1.00 bits per heavy atom. The Hall–Kier alpha value is -3.18. The Balaban J connectivity index is 1.26. The number of aromatic nitrogens is 4. The zero-order valence-corrected chi connectivity index (χ0v) is 51.8. The van der Waals surface area contributed by atoms with Crippen molar-refractivity contribution < 1.29 is 0 Å². The number of halogens is 2. The van der Waals surface area contributed by atoms with Crippen molar-refractivity contribution >= 4 is 109 Å². The van der Waals surface area contributed by atoms with Crippen LogP contribution in [-0.2, 0) is 13.1 Å². The molecule has 10 heteroatoms. The Bertz CT molecular complexity index is 2920. The molecule has 6 nitrogen and oxygen atoms in total. The van der Waals surface area contributed by atoms with Crippen LogP contribution in [0.25, 0.3) is 75.5 Å². The minimum atomic E-state index is 0.00625. The molecule has 412 valence electrons. The minimum Gasteiger partial charge on any atom is -0.292 e. The fourth-order valence-corrected chi connectivity index (χ4v) is 15.2. The van der Waals surface area contributed by atoms with Crippen LogP contribution in [0.1, 0.15) is 233 Å². The first kappa shape index (κ1) is 59.0. The summed E-state index contributed by atoms with van der Waals surface area (Å²) in [4.78, 5) is 44.8. The molecular weight excluding hydrogens is 1100 g/mol. The molecule has 2 aromatic carbocycles. The third-order valence-corrected chi connectivity index (χ3v) is 20.1. The summed E-state index contributed by atoms with van der Waals surface area (Å²) in [6.45, 7) is 10.5. The molecule has 0 saturated heterocycles. The summed E-state index contributed by atoms with van der Waals surface area (Å²) in [7, 11) is 0. The van der Waals surface area contributed by atoms with Crippen LogP contribution in [0.15, 0.2) is 65.7 Å². The topological polar surface area (TPSA) is 69.8 Å². The standard InChI is InChI=1S/C66H90Br2N4O2S2/c1-5-9-13-17-21-23-27-31-35-47(33-29-25-19-15-11-7-3)45-71-63-59-49(43-53(69-63)55-37-39-57(67)75-55)42-52-62-60-50(41-51(61(59)62)65(71)73)44-54(56-38-40-58(68)76-56)70-64(60)72(66(52)74)46-48(34-30-26-20-16-12-8-4)36-32-28-24-22-18-14-10-6-2/h37-44,47-48H,5-36,45-46H2,1-4H3. The highest BCUT2D eigenvalue weighted by molar-refractivity contribution is 9.11. The summed E-state index contributed by atoms with van der Waals surface area (Å²) >= 11 is 10.8. The average molecular weight is 1200 g/mol. The van der Waals surface area contributed by atoms with Crippen LogP contribution in [0.3, 0.4) is 0 Å². The molecule has 0 saturated carbocycles. The van der Waals surface area contributed by atoms with E-state index in [2.05, 4.69) is 117 Å². The van der Waals surface area contributed by atoms with Gasteiger partial charge < -0.3 is 0 Å². The number of hydrogen-bond donors (Lipinski definition) is 0. The lowest BCUT2D eigenvalue weighted by Crippen LogP contribution is -2.28. The summed E-state index contributed by atoms with van der Waals surface area (Å²) < 4.78 is 6.23. The molecule has 76 heavy (non-hydrogen) atoms. The van der Waals surface area contributed by atoms with E-state index in [9.17, 15) is 0 Å². The first-order valence-electron chi connectivity index (χ1n) is 30.7. The first-order chi connectivity index (χ1) is 37.2. The van der Waals surface area contributed by atoms with Crippen LogP contribution in [-0.4, -0.2) is 19.1 Å². The molecule has 0 fully saturated rings. The van der Waals surface area contributed by atoms with Gasteiger partial charge in [0.05, 0.1) is 28.7 Å². The van der Waals surface area contributed by atoms with E-state index in [-0.39, 0.29) is 11.1 Å². The molecule has 0 amide bonds. The first-order valence-corrected chi connectivity index (χ1v) is 33.9. The monoisotopic (exact) mass is 1190 g/mol. The second-order valence-corrected chi connectivity index (χ2v) is 27.8. The Morgan fingerprint density at radius 2 is 0.711 bits per heavy atom. The third-order valence-electron chi connectivity index (χ3n) is 16.8. The number of rotatable bonds is 38. The van der Waals surface area contributed by atoms with Crippen molar-refractivity contribution in [3.05, 3.63) is 76.8 Å². The molecule has 0 aliphatic rings. The van der Waals surface area contributed by atoms with Gasteiger partial charge in [0.25, 0.3) is 11.1 Å². The van der Waals surface area contributed by atoms with Crippen LogP contribution < -0.4 is 11.1 Å². The second-order valence-electron chi connectivity index (χ2n) is 22.9. The Labute approximate surface area is 480 Å². The number of benzene rings is 2. The Morgan fingerprint density at radius 1 is 0.408 bits per heavy atom. The van der Waals surface area contributed by atoms with Crippen molar-refractivity contribution in [3.8, 4) is 21.1 Å². The second kappa shape index (κ2) is 30.4. The van der Waals surface area contributed by atoms with Gasteiger partial charge >= 0.3 is 0 Å². The van der Waals surface area contributed by atoms with E-state index in [0.717, 1.165) is 98.0 Å². The van der Waals surface area contributed by atoms with Crippen molar-refractivity contribution in [2.24, 2.45) is 11.8 Å². The van der Waals surface area contributed by atoms with Crippen molar-refractivity contribution in [2.45, 2.75) is 246 Å². The maximum absolute atomic E-state index is 15.8. The van der Waals surface area contributed by atoms with Gasteiger partial charge in [0.1, 0.15) is 11.3 Å². The molecule has 8 rings (SSSR count). The number of unbranched alkanes of at least 4 members (excludes halogenated alkanes) is 24. The average Bonchev–Trinajstić information content (AvgIpc) is 4.09. The van der Waals surface area contributed by atoms with Crippen LogP contribution in [0.2, 0.25) is 0 Å². The van der Waals surface area contributed by atoms with E-state index in [1.165, 1.54) is 180 Å². The van der Waals surface area contributed by atoms with Gasteiger partial charge in [-0.05, 0) is 129 Å². The summed E-state index contributed by atoms with van der Waals surface area (Å²) in [6.07, 6.45) is 40.3. The molecule has 2 atom stereocenters. The number of hydrogen-bond acceptors (Lipinski definition) is 6. The molecule has 6 aromatic heterocycles. The van der Waals surface area contributed by atoms with Gasteiger partial charge in [0.15, 0.2) is 0 Å². The quantitative estimate of drug-likeness (QED) is 0.0220. The molecule has 0 N–H and O–H groups in total. The number of thiophene rings is 2. The maximum atomic E-state index is 15.8. The van der Waals surface area contributed by atoms with Gasteiger partial charge in [-0.1, -0.05) is 207 Å². The third kappa shape index (κ3) is 15.2.